The number of nitrogens with zero attached hydrogens (tertiary/aromatic N) is 1. The van der Waals surface area contributed by atoms with Crippen LogP contribution in [-0.4, -0.2) is 11.8 Å². The Labute approximate surface area is 186 Å². The molecule has 0 saturated carbocycles. The number of benzene rings is 3. The Bertz CT molecular complexity index is 1240. The Morgan fingerprint density at radius 3 is 2.12 bits per heavy atom. The fourth-order valence-electron chi connectivity index (χ4n) is 3.37. The smallest absolute Gasteiger partial charge is 0.350 e. The minimum atomic E-state index is -4.53. The van der Waals surface area contributed by atoms with E-state index in [9.17, 15) is 22.8 Å². The number of carbonyl (C=O) groups excluding carboxylic acids is 2. The number of imide groups is 1. The minimum Gasteiger partial charge on any atom is -0.350 e. The van der Waals surface area contributed by atoms with Crippen molar-refractivity contribution in [1.82, 2.24) is 0 Å². The second-order valence-corrected chi connectivity index (χ2v) is 7.60. The Hall–Kier alpha value is -3.58. The lowest BCUT2D eigenvalue weighted by Crippen LogP contribution is -2.32. The number of halogens is 4. The normalized spacial score (nSPS) is 14.3. The molecule has 1 aliphatic rings. The summed E-state index contributed by atoms with van der Waals surface area (Å²) in [5.41, 5.74) is 1.15. The summed E-state index contributed by atoms with van der Waals surface area (Å²) in [5.74, 6) is -1.31. The molecular weight excluding hydrogens is 441 g/mol. The van der Waals surface area contributed by atoms with Crippen molar-refractivity contribution in [2.24, 2.45) is 0 Å². The largest absolute Gasteiger partial charge is 0.416 e. The van der Waals surface area contributed by atoms with Gasteiger partial charge in [-0.05, 0) is 54.4 Å². The highest BCUT2D eigenvalue weighted by atomic mass is 35.5. The summed E-state index contributed by atoms with van der Waals surface area (Å²) in [4.78, 5) is 27.4. The molecule has 1 heterocycles. The van der Waals surface area contributed by atoms with Gasteiger partial charge in [0.25, 0.3) is 11.8 Å². The number of rotatable bonds is 4. The molecule has 3 aromatic carbocycles. The van der Waals surface area contributed by atoms with E-state index in [4.69, 9.17) is 11.6 Å². The predicted molar refractivity (Wildman–Crippen MR) is 117 cm³/mol. The zero-order valence-electron chi connectivity index (χ0n) is 16.7. The molecule has 0 unspecified atom stereocenters. The van der Waals surface area contributed by atoms with Crippen molar-refractivity contribution in [3.8, 4) is 0 Å². The van der Waals surface area contributed by atoms with Crippen molar-refractivity contribution >= 4 is 40.4 Å². The van der Waals surface area contributed by atoms with Gasteiger partial charge in [-0.25, -0.2) is 4.90 Å². The lowest BCUT2D eigenvalue weighted by atomic mass is 10.0. The van der Waals surface area contributed by atoms with Gasteiger partial charge in [-0.3, -0.25) is 9.59 Å². The van der Waals surface area contributed by atoms with E-state index in [-0.39, 0.29) is 17.0 Å². The van der Waals surface area contributed by atoms with Gasteiger partial charge in [0, 0.05) is 10.7 Å². The SMILES string of the molecule is Cc1ccc(NC2=C(c3ccccc3)C(=O)N(c3ccc(C(F)(F)F)cc3)C2=O)cc1Cl. The van der Waals surface area contributed by atoms with Gasteiger partial charge < -0.3 is 5.32 Å². The van der Waals surface area contributed by atoms with E-state index in [1.54, 1.807) is 48.5 Å². The third-order valence-electron chi connectivity index (χ3n) is 5.04. The molecule has 4 nitrogen and oxygen atoms in total. The molecule has 3 aromatic rings. The highest BCUT2D eigenvalue weighted by Gasteiger charge is 2.40. The van der Waals surface area contributed by atoms with Gasteiger partial charge in [0.15, 0.2) is 0 Å². The molecule has 0 aromatic heterocycles. The van der Waals surface area contributed by atoms with Gasteiger partial charge in [-0.15, -0.1) is 0 Å². The maximum Gasteiger partial charge on any atom is 0.416 e. The van der Waals surface area contributed by atoms with Crippen LogP contribution in [0.1, 0.15) is 16.7 Å². The fourth-order valence-corrected chi connectivity index (χ4v) is 3.55. The first kappa shape index (κ1) is 21.6. The van der Waals surface area contributed by atoms with E-state index >= 15 is 0 Å². The summed E-state index contributed by atoms with van der Waals surface area (Å²) in [6.45, 7) is 1.83. The van der Waals surface area contributed by atoms with E-state index in [0.717, 1.165) is 34.7 Å². The summed E-state index contributed by atoms with van der Waals surface area (Å²) in [6.07, 6.45) is -4.53. The van der Waals surface area contributed by atoms with Gasteiger partial charge in [-0.2, -0.15) is 13.2 Å². The maximum absolute atomic E-state index is 13.3. The lowest BCUT2D eigenvalue weighted by molar-refractivity contribution is -0.137. The summed E-state index contributed by atoms with van der Waals surface area (Å²) in [5, 5.41) is 3.46. The molecule has 0 saturated heterocycles. The van der Waals surface area contributed by atoms with Gasteiger partial charge in [0.1, 0.15) is 5.70 Å². The van der Waals surface area contributed by atoms with Crippen LogP contribution >= 0.6 is 11.6 Å². The second kappa shape index (κ2) is 8.16. The van der Waals surface area contributed by atoms with Crippen LogP contribution in [0, 0.1) is 6.92 Å². The predicted octanol–water partition coefficient (Wildman–Crippen LogP) is 6.06. The molecule has 0 fully saturated rings. The molecule has 0 spiro atoms. The molecule has 162 valence electrons. The number of carbonyl (C=O) groups is 2. The van der Waals surface area contributed by atoms with E-state index in [1.165, 1.54) is 0 Å². The number of amides is 2. The first-order valence-electron chi connectivity index (χ1n) is 9.56. The summed E-state index contributed by atoms with van der Waals surface area (Å²) in [6, 6.07) is 17.6. The molecule has 0 aliphatic carbocycles. The summed E-state index contributed by atoms with van der Waals surface area (Å²) in [7, 11) is 0. The Balaban J connectivity index is 1.77. The van der Waals surface area contributed by atoms with Crippen LogP contribution in [0.3, 0.4) is 0 Å². The number of nitrogens with one attached hydrogen (secondary N) is 1. The molecule has 8 heteroatoms. The van der Waals surface area contributed by atoms with Gasteiger partial charge >= 0.3 is 6.18 Å². The molecule has 4 rings (SSSR count). The fraction of sp³-hybridized carbons (Fsp3) is 0.0833. The third-order valence-corrected chi connectivity index (χ3v) is 5.45. The molecule has 0 radical (unpaired) electrons. The summed E-state index contributed by atoms with van der Waals surface area (Å²) >= 11 is 6.18. The van der Waals surface area contributed by atoms with E-state index in [0.29, 0.717) is 16.3 Å². The highest BCUT2D eigenvalue weighted by Crippen LogP contribution is 2.36. The maximum atomic E-state index is 13.3. The lowest BCUT2D eigenvalue weighted by Gasteiger charge is -2.16. The quantitative estimate of drug-likeness (QED) is 0.485. The number of hydrogen-bond acceptors (Lipinski definition) is 3. The van der Waals surface area contributed by atoms with Crippen LogP contribution in [0.5, 0.6) is 0 Å². The molecule has 1 aliphatic heterocycles. The van der Waals surface area contributed by atoms with Crippen LogP contribution in [0.4, 0.5) is 24.5 Å². The molecule has 0 bridgehead atoms. The van der Waals surface area contributed by atoms with E-state index < -0.39 is 23.6 Å². The van der Waals surface area contributed by atoms with Crippen LogP contribution in [0.2, 0.25) is 5.02 Å². The van der Waals surface area contributed by atoms with Gasteiger partial charge in [0.2, 0.25) is 0 Å². The van der Waals surface area contributed by atoms with Crippen molar-refractivity contribution in [2.45, 2.75) is 13.1 Å². The average molecular weight is 457 g/mol. The van der Waals surface area contributed by atoms with Crippen LogP contribution in [-0.2, 0) is 15.8 Å². The summed E-state index contributed by atoms with van der Waals surface area (Å²) < 4.78 is 38.8. The molecular formula is C24H16ClF3N2O2. The van der Waals surface area contributed by atoms with E-state index in [2.05, 4.69) is 5.32 Å². The second-order valence-electron chi connectivity index (χ2n) is 7.20. The number of aryl methyl sites for hydroxylation is 1. The van der Waals surface area contributed by atoms with Crippen LogP contribution in [0.25, 0.3) is 5.57 Å². The number of hydrogen-bond donors (Lipinski definition) is 1. The van der Waals surface area contributed by atoms with Crippen molar-refractivity contribution in [3.05, 3.63) is 100 Å². The van der Waals surface area contributed by atoms with Crippen LogP contribution in [0.15, 0.2) is 78.5 Å². The molecule has 2 amide bonds. The average Bonchev–Trinajstić information content (AvgIpc) is 3.00. The topological polar surface area (TPSA) is 49.4 Å². The monoisotopic (exact) mass is 456 g/mol. The zero-order valence-corrected chi connectivity index (χ0v) is 17.5. The Morgan fingerprint density at radius 1 is 0.875 bits per heavy atom. The highest BCUT2D eigenvalue weighted by molar-refractivity contribution is 6.46. The number of alkyl halides is 3. The van der Waals surface area contributed by atoms with Crippen molar-refractivity contribution in [3.63, 3.8) is 0 Å². The van der Waals surface area contributed by atoms with Crippen molar-refractivity contribution in [2.75, 3.05) is 10.2 Å². The zero-order chi connectivity index (χ0) is 23.0. The van der Waals surface area contributed by atoms with Crippen LogP contribution < -0.4 is 10.2 Å². The van der Waals surface area contributed by atoms with Gasteiger partial charge in [0.05, 0.1) is 16.8 Å². The number of anilines is 2. The molecule has 0 atom stereocenters. The molecule has 1 N–H and O–H groups in total. The Morgan fingerprint density at radius 2 is 1.53 bits per heavy atom. The van der Waals surface area contributed by atoms with Crippen molar-refractivity contribution in [1.29, 1.82) is 0 Å². The minimum absolute atomic E-state index is 0.0148. The Kier molecular flexibility index (Phi) is 5.52. The first-order valence-corrected chi connectivity index (χ1v) is 9.93. The third kappa shape index (κ3) is 3.99. The van der Waals surface area contributed by atoms with E-state index in [1.807, 2.05) is 6.92 Å². The standard InChI is InChI=1S/C24H16ClF3N2O2/c1-14-7-10-17(13-19(14)25)29-21-20(15-5-3-2-4-6-15)22(31)30(23(21)32)18-11-8-16(9-12-18)24(26,27)28/h2-13,29H,1H3. The van der Waals surface area contributed by atoms with Crippen molar-refractivity contribution < 1.29 is 22.8 Å². The first-order chi connectivity index (χ1) is 15.2. The van der Waals surface area contributed by atoms with Gasteiger partial charge in [-0.1, -0.05) is 48.0 Å². The molecule has 32 heavy (non-hydrogen) atoms.